The lowest BCUT2D eigenvalue weighted by atomic mass is 10.0. The molecule has 1 saturated heterocycles. The van der Waals surface area contributed by atoms with Crippen LogP contribution in [0.1, 0.15) is 12.8 Å². The molecule has 25 heavy (non-hydrogen) atoms. The van der Waals surface area contributed by atoms with Gasteiger partial charge in [0.1, 0.15) is 12.5 Å². The highest BCUT2D eigenvalue weighted by Crippen LogP contribution is 2.40. The van der Waals surface area contributed by atoms with Gasteiger partial charge in [0.25, 0.3) is 0 Å². The molecule has 0 radical (unpaired) electrons. The van der Waals surface area contributed by atoms with Gasteiger partial charge in [-0.2, -0.15) is 0 Å². The lowest BCUT2D eigenvalue weighted by Gasteiger charge is -2.41. The Morgan fingerprint density at radius 2 is 1.80 bits per heavy atom. The molecule has 0 aliphatic carbocycles. The van der Waals surface area contributed by atoms with E-state index in [-0.39, 0.29) is 6.54 Å². The number of rotatable bonds is 7. The van der Waals surface area contributed by atoms with Gasteiger partial charge in [-0.15, -0.1) is 0 Å². The second-order valence-electron chi connectivity index (χ2n) is 5.78. The van der Waals surface area contributed by atoms with Crippen LogP contribution in [-0.4, -0.2) is 67.4 Å². The van der Waals surface area contributed by atoms with Crippen molar-refractivity contribution in [3.05, 3.63) is 12.1 Å². The predicted molar refractivity (Wildman–Crippen MR) is 90.7 cm³/mol. The number of hydrogen-bond acceptors (Lipinski definition) is 8. The van der Waals surface area contributed by atoms with E-state index < -0.39 is 24.4 Å². The first-order valence-corrected chi connectivity index (χ1v) is 7.88. The first-order valence-electron chi connectivity index (χ1n) is 7.88. The molecule has 5 N–H and O–H groups in total. The van der Waals surface area contributed by atoms with E-state index in [1.54, 1.807) is 12.1 Å². The van der Waals surface area contributed by atoms with Gasteiger partial charge in [0.15, 0.2) is 11.5 Å². The molecule has 9 heteroatoms. The maximum Gasteiger partial charge on any atom is 0.231 e. The fraction of sp³-hybridized carbons (Fsp3) is 0.562. The number of primary amides is 1. The number of nitrogens with two attached hydrogens (primary N) is 1. The van der Waals surface area contributed by atoms with Crippen molar-refractivity contribution in [3.63, 3.8) is 0 Å². The Morgan fingerprint density at radius 1 is 1.20 bits per heavy atom. The molecule has 1 aliphatic rings. The summed E-state index contributed by atoms with van der Waals surface area (Å²) in [5.41, 5.74) is 5.83. The number of nitrogens with zero attached hydrogens (tertiary/aromatic N) is 1. The molecule has 2 rings (SSSR count). The lowest BCUT2D eigenvalue weighted by molar-refractivity contribution is -0.149. The van der Waals surface area contributed by atoms with E-state index in [2.05, 4.69) is 5.32 Å². The normalized spacial score (nSPS) is 23.8. The molecule has 1 aromatic carbocycles. The first kappa shape index (κ1) is 19.1. The van der Waals surface area contributed by atoms with Gasteiger partial charge >= 0.3 is 0 Å². The SMILES string of the molecule is COc1cc(N[C@H]2CC[C@H](O)N(CC(N)=O)[C@H]2O)cc(OC)c1OC. The Kier molecular flexibility index (Phi) is 6.29. The standard InChI is InChI=1S/C16H25N3O6/c1-23-11-6-9(7-12(24-2)15(11)25-3)18-10-4-5-14(21)19(16(10)22)8-13(17)20/h6-7,10,14,16,18,21-22H,4-5,8H2,1-3H3,(H2,17,20)/t10-,14-,16-/m0/s1. The van der Waals surface area contributed by atoms with E-state index in [9.17, 15) is 15.0 Å². The van der Waals surface area contributed by atoms with Crippen LogP contribution >= 0.6 is 0 Å². The molecule has 0 bridgehead atoms. The van der Waals surface area contributed by atoms with Gasteiger partial charge in [0.05, 0.1) is 33.9 Å². The van der Waals surface area contributed by atoms with Gasteiger partial charge in [0.2, 0.25) is 11.7 Å². The topological polar surface area (TPSA) is 127 Å². The minimum absolute atomic E-state index is 0.226. The monoisotopic (exact) mass is 355 g/mol. The van der Waals surface area contributed by atoms with Crippen molar-refractivity contribution in [2.75, 3.05) is 33.2 Å². The van der Waals surface area contributed by atoms with E-state index in [4.69, 9.17) is 19.9 Å². The average molecular weight is 355 g/mol. The molecule has 1 aromatic rings. The number of aliphatic hydroxyl groups is 2. The van der Waals surface area contributed by atoms with Gasteiger partial charge in [-0.3, -0.25) is 4.79 Å². The highest BCUT2D eigenvalue weighted by Gasteiger charge is 2.36. The molecule has 140 valence electrons. The number of benzene rings is 1. The van der Waals surface area contributed by atoms with Crippen LogP contribution in [0.25, 0.3) is 0 Å². The Labute approximate surface area is 146 Å². The lowest BCUT2D eigenvalue weighted by Crippen LogP contribution is -2.57. The average Bonchev–Trinajstić information content (AvgIpc) is 2.59. The van der Waals surface area contributed by atoms with Crippen molar-refractivity contribution >= 4 is 11.6 Å². The number of amides is 1. The number of carbonyl (C=O) groups is 1. The molecule has 3 atom stereocenters. The molecule has 0 saturated carbocycles. The molecule has 1 heterocycles. The maximum absolute atomic E-state index is 11.2. The zero-order valence-electron chi connectivity index (χ0n) is 14.6. The summed E-state index contributed by atoms with van der Waals surface area (Å²) < 4.78 is 15.9. The second-order valence-corrected chi connectivity index (χ2v) is 5.78. The molecule has 0 aromatic heterocycles. The number of hydrogen-bond donors (Lipinski definition) is 4. The van der Waals surface area contributed by atoms with Crippen molar-refractivity contribution in [3.8, 4) is 17.2 Å². The third-order valence-corrected chi connectivity index (χ3v) is 4.17. The highest BCUT2D eigenvalue weighted by atomic mass is 16.5. The zero-order valence-corrected chi connectivity index (χ0v) is 14.6. The van der Waals surface area contributed by atoms with Gasteiger partial charge < -0.3 is 35.5 Å². The number of nitrogens with one attached hydrogen (secondary N) is 1. The van der Waals surface area contributed by atoms with Crippen molar-refractivity contribution in [1.82, 2.24) is 4.90 Å². The molecule has 9 nitrogen and oxygen atoms in total. The van der Waals surface area contributed by atoms with Crippen LogP contribution in [0.2, 0.25) is 0 Å². The third-order valence-electron chi connectivity index (χ3n) is 4.17. The summed E-state index contributed by atoms with van der Waals surface area (Å²) >= 11 is 0. The van der Waals surface area contributed by atoms with Crippen LogP contribution in [0.15, 0.2) is 12.1 Å². The third kappa shape index (κ3) is 4.25. The number of anilines is 1. The van der Waals surface area contributed by atoms with Crippen LogP contribution in [0.3, 0.4) is 0 Å². The summed E-state index contributed by atoms with van der Waals surface area (Å²) in [4.78, 5) is 12.4. The second kappa shape index (κ2) is 8.24. The van der Waals surface area contributed by atoms with E-state index in [1.807, 2.05) is 0 Å². The Morgan fingerprint density at radius 3 is 2.28 bits per heavy atom. The van der Waals surface area contributed by atoms with E-state index >= 15 is 0 Å². The Balaban J connectivity index is 2.22. The molecule has 1 fully saturated rings. The smallest absolute Gasteiger partial charge is 0.231 e. The Bertz CT molecular complexity index is 587. The minimum atomic E-state index is -1.07. The minimum Gasteiger partial charge on any atom is -0.493 e. The van der Waals surface area contributed by atoms with Crippen molar-refractivity contribution in [2.24, 2.45) is 5.73 Å². The van der Waals surface area contributed by atoms with Gasteiger partial charge in [-0.05, 0) is 12.8 Å². The summed E-state index contributed by atoms with van der Waals surface area (Å²) in [6.45, 7) is -0.226. The predicted octanol–water partition coefficient (Wildman–Crippen LogP) is -0.289. The number of methoxy groups -OCH3 is 3. The van der Waals surface area contributed by atoms with Crippen molar-refractivity contribution in [2.45, 2.75) is 31.3 Å². The van der Waals surface area contributed by atoms with Crippen LogP contribution in [0, 0.1) is 0 Å². The molecule has 0 spiro atoms. The molecular weight excluding hydrogens is 330 g/mol. The van der Waals surface area contributed by atoms with Crippen molar-refractivity contribution in [1.29, 1.82) is 0 Å². The molecular formula is C16H25N3O6. The summed E-state index contributed by atoms with van der Waals surface area (Å²) in [7, 11) is 4.55. The fourth-order valence-corrected chi connectivity index (χ4v) is 2.96. The summed E-state index contributed by atoms with van der Waals surface area (Å²) in [5, 5.41) is 23.6. The Hall–Kier alpha value is -2.23. The van der Waals surface area contributed by atoms with Crippen LogP contribution in [-0.2, 0) is 4.79 Å². The maximum atomic E-state index is 11.2. The zero-order chi connectivity index (χ0) is 18.6. The summed E-state index contributed by atoms with van der Waals surface area (Å²) in [6, 6.07) is 3.03. The fourth-order valence-electron chi connectivity index (χ4n) is 2.96. The van der Waals surface area contributed by atoms with E-state index in [0.717, 1.165) is 0 Å². The van der Waals surface area contributed by atoms with Crippen molar-refractivity contribution < 1.29 is 29.2 Å². The van der Waals surface area contributed by atoms with Crippen LogP contribution in [0.5, 0.6) is 17.2 Å². The number of ether oxygens (including phenoxy) is 3. The van der Waals surface area contributed by atoms with E-state index in [0.29, 0.717) is 35.8 Å². The number of likely N-dealkylation sites (tertiary alicyclic amines) is 1. The number of piperidine rings is 1. The quantitative estimate of drug-likeness (QED) is 0.526. The first-order chi connectivity index (χ1) is 11.9. The number of carbonyl (C=O) groups excluding carboxylic acids is 1. The summed E-state index contributed by atoms with van der Waals surface area (Å²) in [5.74, 6) is 0.796. The van der Waals surface area contributed by atoms with Gasteiger partial charge in [-0.1, -0.05) is 0 Å². The van der Waals surface area contributed by atoms with E-state index in [1.165, 1.54) is 26.2 Å². The highest BCUT2D eigenvalue weighted by molar-refractivity contribution is 5.76. The molecule has 1 aliphatic heterocycles. The van der Waals surface area contributed by atoms with Crippen LogP contribution in [0.4, 0.5) is 5.69 Å². The van der Waals surface area contributed by atoms with Gasteiger partial charge in [-0.25, -0.2) is 4.90 Å². The van der Waals surface area contributed by atoms with Crippen LogP contribution < -0.4 is 25.3 Å². The van der Waals surface area contributed by atoms with Gasteiger partial charge in [0, 0.05) is 17.8 Å². The summed E-state index contributed by atoms with van der Waals surface area (Å²) in [6.07, 6.45) is -1.09. The molecule has 0 unspecified atom stereocenters. The largest absolute Gasteiger partial charge is 0.493 e. The number of aliphatic hydroxyl groups excluding tert-OH is 2. The molecule has 1 amide bonds.